The van der Waals surface area contributed by atoms with E-state index in [4.69, 9.17) is 24.4 Å². The number of rotatable bonds is 7. The fourth-order valence-corrected chi connectivity index (χ4v) is 6.62. The quantitative estimate of drug-likeness (QED) is 0.162. The van der Waals surface area contributed by atoms with Crippen LogP contribution in [0.15, 0.2) is 169 Å². The van der Waals surface area contributed by atoms with Gasteiger partial charge < -0.3 is 8.98 Å². The van der Waals surface area contributed by atoms with E-state index in [1.54, 1.807) is 6.08 Å². The van der Waals surface area contributed by atoms with E-state index in [-0.39, 0.29) is 0 Å². The molecule has 0 aliphatic heterocycles. The molecule has 0 N–H and O–H groups in total. The molecule has 50 heavy (non-hydrogen) atoms. The number of nitrogens with zero attached hydrogens (tertiary/aromatic N) is 5. The SMILES string of the molecule is C=C/C=C\C=C\c1nc(-c2ccccc2)nc(-c2ccc(-n3c4ccccc4c4cc(-c5nc6ccccc6o5)ccc43)c3ccccc23)n1. The van der Waals surface area contributed by atoms with Crippen LogP contribution in [-0.4, -0.2) is 24.5 Å². The van der Waals surface area contributed by atoms with Gasteiger partial charge in [0.05, 0.1) is 16.7 Å². The maximum absolute atomic E-state index is 6.15. The zero-order valence-corrected chi connectivity index (χ0v) is 26.9. The molecule has 9 aromatic rings. The van der Waals surface area contributed by atoms with Gasteiger partial charge in [-0.15, -0.1) is 0 Å². The van der Waals surface area contributed by atoms with Crippen LogP contribution in [0.1, 0.15) is 5.82 Å². The van der Waals surface area contributed by atoms with Crippen molar-refractivity contribution in [3.05, 3.63) is 170 Å². The van der Waals surface area contributed by atoms with Crippen molar-refractivity contribution in [1.82, 2.24) is 24.5 Å². The minimum Gasteiger partial charge on any atom is -0.436 e. The van der Waals surface area contributed by atoms with Crippen LogP contribution in [0.25, 0.3) is 89.7 Å². The maximum atomic E-state index is 6.15. The van der Waals surface area contributed by atoms with Gasteiger partial charge in [-0.05, 0) is 60.0 Å². The lowest BCUT2D eigenvalue weighted by Crippen LogP contribution is -2.01. The average Bonchev–Trinajstić information content (AvgIpc) is 3.76. The predicted molar refractivity (Wildman–Crippen MR) is 204 cm³/mol. The fraction of sp³-hybridized carbons (Fsp3) is 0. The zero-order chi connectivity index (χ0) is 33.4. The summed E-state index contributed by atoms with van der Waals surface area (Å²) in [5.41, 5.74) is 7.69. The Morgan fingerprint density at radius 1 is 0.540 bits per heavy atom. The Hall–Kier alpha value is -6.92. The van der Waals surface area contributed by atoms with Gasteiger partial charge in [0, 0.05) is 32.8 Å². The van der Waals surface area contributed by atoms with Crippen LogP contribution in [0.5, 0.6) is 0 Å². The normalized spacial score (nSPS) is 11.9. The molecule has 0 amide bonds. The van der Waals surface area contributed by atoms with Gasteiger partial charge in [-0.1, -0.05) is 116 Å². The highest BCUT2D eigenvalue weighted by Gasteiger charge is 2.19. The van der Waals surface area contributed by atoms with Crippen LogP contribution in [-0.2, 0) is 0 Å². The Morgan fingerprint density at radius 2 is 1.28 bits per heavy atom. The Kier molecular flexibility index (Phi) is 7.17. The smallest absolute Gasteiger partial charge is 0.227 e. The molecule has 0 atom stereocenters. The van der Waals surface area contributed by atoms with Gasteiger partial charge in [0.1, 0.15) is 5.52 Å². The van der Waals surface area contributed by atoms with Crippen molar-refractivity contribution in [3.8, 4) is 39.9 Å². The lowest BCUT2D eigenvalue weighted by molar-refractivity contribution is 0.620. The molecule has 3 aromatic heterocycles. The van der Waals surface area contributed by atoms with E-state index in [9.17, 15) is 0 Å². The minimum absolute atomic E-state index is 0.577. The summed E-state index contributed by atoms with van der Waals surface area (Å²) in [6, 6.07) is 45.6. The Labute approximate surface area is 288 Å². The maximum Gasteiger partial charge on any atom is 0.227 e. The topological polar surface area (TPSA) is 69.6 Å². The molecule has 236 valence electrons. The fourth-order valence-electron chi connectivity index (χ4n) is 6.62. The van der Waals surface area contributed by atoms with Gasteiger partial charge in [-0.3, -0.25) is 0 Å². The highest BCUT2D eigenvalue weighted by molar-refractivity contribution is 6.12. The third-order valence-electron chi connectivity index (χ3n) is 8.88. The van der Waals surface area contributed by atoms with Crippen LogP contribution < -0.4 is 0 Å². The van der Waals surface area contributed by atoms with E-state index in [0.29, 0.717) is 23.4 Å². The second-order valence-electron chi connectivity index (χ2n) is 11.9. The number of allylic oxidation sites excluding steroid dienone is 4. The van der Waals surface area contributed by atoms with Crippen molar-refractivity contribution in [2.24, 2.45) is 0 Å². The Bertz CT molecular complexity index is 2760. The second-order valence-corrected chi connectivity index (χ2v) is 11.9. The summed E-state index contributed by atoms with van der Waals surface area (Å²) in [6.07, 6.45) is 9.31. The molecule has 0 aliphatic carbocycles. The van der Waals surface area contributed by atoms with Gasteiger partial charge in [0.2, 0.25) is 5.89 Å². The summed E-state index contributed by atoms with van der Waals surface area (Å²) in [4.78, 5) is 19.5. The molecule has 9 rings (SSSR count). The summed E-state index contributed by atoms with van der Waals surface area (Å²) in [5, 5.41) is 4.41. The van der Waals surface area contributed by atoms with Gasteiger partial charge in [-0.2, -0.15) is 0 Å². The lowest BCUT2D eigenvalue weighted by atomic mass is 10.0. The number of para-hydroxylation sites is 3. The third-order valence-corrected chi connectivity index (χ3v) is 8.88. The van der Waals surface area contributed by atoms with Gasteiger partial charge in [0.15, 0.2) is 23.1 Å². The molecule has 3 heterocycles. The molecule has 0 spiro atoms. The van der Waals surface area contributed by atoms with Crippen molar-refractivity contribution in [2.75, 3.05) is 0 Å². The highest BCUT2D eigenvalue weighted by Crippen LogP contribution is 2.39. The van der Waals surface area contributed by atoms with Crippen molar-refractivity contribution >= 4 is 49.8 Å². The molecule has 0 unspecified atom stereocenters. The Morgan fingerprint density at radius 3 is 2.14 bits per heavy atom. The van der Waals surface area contributed by atoms with Crippen molar-refractivity contribution in [3.63, 3.8) is 0 Å². The molecule has 0 bridgehead atoms. The lowest BCUT2D eigenvalue weighted by Gasteiger charge is -2.15. The molecular formula is C44H29N5O. The van der Waals surface area contributed by atoms with Crippen LogP contribution in [0.3, 0.4) is 0 Å². The summed E-state index contributed by atoms with van der Waals surface area (Å²) >= 11 is 0. The first kappa shape index (κ1) is 29.2. The first-order valence-corrected chi connectivity index (χ1v) is 16.4. The number of hydrogen-bond donors (Lipinski definition) is 0. The van der Waals surface area contributed by atoms with E-state index in [2.05, 4.69) is 90.0 Å². The van der Waals surface area contributed by atoms with Crippen LogP contribution in [0, 0.1) is 0 Å². The number of benzene rings is 6. The van der Waals surface area contributed by atoms with E-state index in [0.717, 1.165) is 66.1 Å². The van der Waals surface area contributed by atoms with Crippen molar-refractivity contribution in [1.29, 1.82) is 0 Å². The van der Waals surface area contributed by atoms with E-state index >= 15 is 0 Å². The first-order valence-electron chi connectivity index (χ1n) is 16.4. The van der Waals surface area contributed by atoms with Crippen molar-refractivity contribution in [2.45, 2.75) is 0 Å². The zero-order valence-electron chi connectivity index (χ0n) is 26.9. The van der Waals surface area contributed by atoms with Gasteiger partial charge >= 0.3 is 0 Å². The highest BCUT2D eigenvalue weighted by atomic mass is 16.3. The number of fused-ring (bicyclic) bond motifs is 5. The van der Waals surface area contributed by atoms with E-state index in [1.807, 2.05) is 78.9 Å². The largest absolute Gasteiger partial charge is 0.436 e. The van der Waals surface area contributed by atoms with Crippen LogP contribution >= 0.6 is 0 Å². The number of oxazole rings is 1. The molecule has 0 saturated carbocycles. The molecular weight excluding hydrogens is 615 g/mol. The average molecular weight is 644 g/mol. The second kappa shape index (κ2) is 12.3. The molecule has 0 saturated heterocycles. The number of hydrogen-bond acceptors (Lipinski definition) is 5. The van der Waals surface area contributed by atoms with Gasteiger partial charge in [0.25, 0.3) is 0 Å². The summed E-state index contributed by atoms with van der Waals surface area (Å²) in [5.74, 6) is 2.41. The number of aromatic nitrogens is 5. The summed E-state index contributed by atoms with van der Waals surface area (Å²) in [7, 11) is 0. The molecule has 6 nitrogen and oxygen atoms in total. The first-order chi connectivity index (χ1) is 24.7. The molecule has 6 heteroatoms. The minimum atomic E-state index is 0.577. The monoisotopic (exact) mass is 643 g/mol. The molecule has 0 aliphatic rings. The van der Waals surface area contributed by atoms with Crippen LogP contribution in [0.4, 0.5) is 0 Å². The molecule has 0 fully saturated rings. The predicted octanol–water partition coefficient (Wildman–Crippen LogP) is 11.0. The van der Waals surface area contributed by atoms with Gasteiger partial charge in [-0.25, -0.2) is 19.9 Å². The summed E-state index contributed by atoms with van der Waals surface area (Å²) in [6.45, 7) is 3.75. The summed E-state index contributed by atoms with van der Waals surface area (Å²) < 4.78 is 8.49. The van der Waals surface area contributed by atoms with Crippen molar-refractivity contribution < 1.29 is 4.42 Å². The van der Waals surface area contributed by atoms with E-state index in [1.165, 1.54) is 0 Å². The standard InChI is InChI=1S/C44H29N5O/c1-2-3-4-8-23-41-46-42(29-15-6-5-7-16-29)48-43(47-41)34-25-27-38(32-18-10-9-17-31(32)34)49-37-21-13-11-19-33(37)35-28-30(24-26-39(35)49)44-45-36-20-12-14-22-40(36)50-44/h2-28H,1H2/b4-3-,23-8+. The Balaban J connectivity index is 1.23. The molecule has 6 aromatic carbocycles. The molecule has 0 radical (unpaired) electrons. The third kappa shape index (κ3) is 5.07. The van der Waals surface area contributed by atoms with E-state index < -0.39 is 0 Å². The van der Waals surface area contributed by atoms with Crippen LogP contribution in [0.2, 0.25) is 0 Å².